The number of nitrogens with zero attached hydrogens (tertiary/aromatic N) is 1. The van der Waals surface area contributed by atoms with E-state index in [-0.39, 0.29) is 11.3 Å². The Morgan fingerprint density at radius 2 is 2.17 bits per heavy atom. The Bertz CT molecular complexity index is 686. The molecule has 0 atom stereocenters. The van der Waals surface area contributed by atoms with Crippen LogP contribution in [-0.4, -0.2) is 15.1 Å². The molecule has 0 saturated heterocycles. The van der Waals surface area contributed by atoms with Crippen molar-refractivity contribution in [3.8, 4) is 5.75 Å². The second-order valence-corrected chi connectivity index (χ2v) is 4.60. The maximum absolute atomic E-state index is 11.7. The van der Waals surface area contributed by atoms with Crippen molar-refractivity contribution in [1.82, 2.24) is 9.97 Å². The van der Waals surface area contributed by atoms with Crippen LogP contribution >= 0.6 is 0 Å². The summed E-state index contributed by atoms with van der Waals surface area (Å²) in [6, 6.07) is 3.52. The van der Waals surface area contributed by atoms with Gasteiger partial charge in [-0.2, -0.15) is 0 Å². The molecule has 2 N–H and O–H groups in total. The summed E-state index contributed by atoms with van der Waals surface area (Å²) >= 11 is 0. The van der Waals surface area contributed by atoms with E-state index >= 15 is 0 Å². The molecule has 1 aliphatic rings. The molecule has 3 rings (SSSR count). The average Bonchev–Trinajstić information content (AvgIpc) is 2.41. The van der Waals surface area contributed by atoms with Gasteiger partial charge in [-0.25, -0.2) is 4.98 Å². The number of fused-ring (bicyclic) bond motifs is 1. The number of H-pyrrole nitrogens is 1. The lowest BCUT2D eigenvalue weighted by Crippen LogP contribution is -2.07. The lowest BCUT2D eigenvalue weighted by Gasteiger charge is -2.13. The van der Waals surface area contributed by atoms with Crippen molar-refractivity contribution >= 4 is 16.5 Å². The summed E-state index contributed by atoms with van der Waals surface area (Å²) < 4.78 is 0. The molecule has 4 nitrogen and oxygen atoms in total. The van der Waals surface area contributed by atoms with Crippen LogP contribution in [0.1, 0.15) is 31.2 Å². The van der Waals surface area contributed by atoms with Gasteiger partial charge in [-0.1, -0.05) is 6.08 Å². The van der Waals surface area contributed by atoms with Gasteiger partial charge in [0, 0.05) is 0 Å². The van der Waals surface area contributed by atoms with Gasteiger partial charge >= 0.3 is 0 Å². The zero-order valence-corrected chi connectivity index (χ0v) is 9.94. The third-order valence-corrected chi connectivity index (χ3v) is 3.39. The monoisotopic (exact) mass is 242 g/mol. The fraction of sp³-hybridized carbons (Fsp3) is 0.286. The zero-order chi connectivity index (χ0) is 12.5. The van der Waals surface area contributed by atoms with Crippen LogP contribution in [0.4, 0.5) is 0 Å². The van der Waals surface area contributed by atoms with E-state index in [1.807, 2.05) is 6.07 Å². The standard InChI is InChI=1S/C14H14N2O2/c17-12-7-10(9-4-2-1-3-5-9)6-11-13(12)15-8-16-14(11)18/h4,6-8,17H,1-3,5H2,(H,15,16,18). The number of hydrogen-bond acceptors (Lipinski definition) is 3. The van der Waals surface area contributed by atoms with Gasteiger partial charge in [0.25, 0.3) is 5.56 Å². The first kappa shape index (κ1) is 11.0. The molecular weight excluding hydrogens is 228 g/mol. The summed E-state index contributed by atoms with van der Waals surface area (Å²) in [5.41, 5.74) is 2.28. The number of rotatable bonds is 1. The van der Waals surface area contributed by atoms with Crippen molar-refractivity contribution in [3.63, 3.8) is 0 Å². The van der Waals surface area contributed by atoms with Gasteiger partial charge in [0.2, 0.25) is 0 Å². The summed E-state index contributed by atoms with van der Waals surface area (Å²) in [6.45, 7) is 0. The second kappa shape index (κ2) is 4.29. The van der Waals surface area contributed by atoms with Crippen LogP contribution in [-0.2, 0) is 0 Å². The molecule has 92 valence electrons. The lowest BCUT2D eigenvalue weighted by atomic mass is 9.93. The predicted molar refractivity (Wildman–Crippen MR) is 70.5 cm³/mol. The molecule has 0 unspecified atom stereocenters. The molecule has 0 amide bonds. The molecule has 0 saturated carbocycles. The molecule has 18 heavy (non-hydrogen) atoms. The van der Waals surface area contributed by atoms with Crippen molar-refractivity contribution < 1.29 is 5.11 Å². The number of aromatic amines is 1. The SMILES string of the molecule is O=c1[nH]cnc2c(O)cc(C3=CCCCC3)cc12. The maximum atomic E-state index is 11.7. The highest BCUT2D eigenvalue weighted by Gasteiger charge is 2.11. The van der Waals surface area contributed by atoms with Crippen molar-refractivity contribution in [2.24, 2.45) is 0 Å². The number of aromatic nitrogens is 2. The Morgan fingerprint density at radius 3 is 2.94 bits per heavy atom. The highest BCUT2D eigenvalue weighted by molar-refractivity contribution is 5.87. The summed E-state index contributed by atoms with van der Waals surface area (Å²) in [7, 11) is 0. The predicted octanol–water partition coefficient (Wildman–Crippen LogP) is 2.59. The summed E-state index contributed by atoms with van der Waals surface area (Å²) in [6.07, 6.45) is 7.94. The van der Waals surface area contributed by atoms with E-state index in [0.717, 1.165) is 24.8 Å². The largest absolute Gasteiger partial charge is 0.506 e. The van der Waals surface area contributed by atoms with Crippen LogP contribution in [0, 0.1) is 0 Å². The molecule has 1 aromatic carbocycles. The number of nitrogens with one attached hydrogen (secondary N) is 1. The third-order valence-electron chi connectivity index (χ3n) is 3.39. The van der Waals surface area contributed by atoms with E-state index in [1.54, 1.807) is 6.07 Å². The van der Waals surface area contributed by atoms with Gasteiger partial charge in [0.05, 0.1) is 11.7 Å². The van der Waals surface area contributed by atoms with E-state index in [0.29, 0.717) is 10.9 Å². The minimum Gasteiger partial charge on any atom is -0.506 e. The fourth-order valence-corrected chi connectivity index (χ4v) is 2.45. The molecule has 0 bridgehead atoms. The minimum atomic E-state index is -0.214. The van der Waals surface area contributed by atoms with Gasteiger partial charge in [0.15, 0.2) is 0 Å². The Labute approximate surface area is 104 Å². The maximum Gasteiger partial charge on any atom is 0.258 e. The second-order valence-electron chi connectivity index (χ2n) is 4.60. The van der Waals surface area contributed by atoms with Crippen LogP contribution in [0.3, 0.4) is 0 Å². The van der Waals surface area contributed by atoms with Crippen molar-refractivity contribution in [3.05, 3.63) is 40.5 Å². The number of hydrogen-bond donors (Lipinski definition) is 2. The van der Waals surface area contributed by atoms with Crippen LogP contribution < -0.4 is 5.56 Å². The average molecular weight is 242 g/mol. The van der Waals surface area contributed by atoms with Crippen LogP contribution in [0.25, 0.3) is 16.5 Å². The van der Waals surface area contributed by atoms with Crippen molar-refractivity contribution in [2.75, 3.05) is 0 Å². The number of phenols is 1. The number of phenolic OH excluding ortho intramolecular Hbond substituents is 1. The fourth-order valence-electron chi connectivity index (χ4n) is 2.45. The van der Waals surface area contributed by atoms with Crippen molar-refractivity contribution in [2.45, 2.75) is 25.7 Å². The van der Waals surface area contributed by atoms with Crippen LogP contribution in [0.5, 0.6) is 5.75 Å². The van der Waals surface area contributed by atoms with Gasteiger partial charge in [-0.05, 0) is 49.0 Å². The molecule has 1 aromatic heterocycles. The highest BCUT2D eigenvalue weighted by atomic mass is 16.3. The minimum absolute atomic E-state index is 0.0695. The first-order valence-electron chi connectivity index (χ1n) is 6.15. The Kier molecular flexibility index (Phi) is 2.63. The summed E-state index contributed by atoms with van der Waals surface area (Å²) in [5.74, 6) is 0.0695. The van der Waals surface area contributed by atoms with E-state index in [4.69, 9.17) is 0 Å². The number of benzene rings is 1. The summed E-state index contributed by atoms with van der Waals surface area (Å²) in [5, 5.41) is 10.4. The van der Waals surface area contributed by atoms with Crippen molar-refractivity contribution in [1.29, 1.82) is 0 Å². The highest BCUT2D eigenvalue weighted by Crippen LogP contribution is 2.31. The molecule has 0 aliphatic heterocycles. The topological polar surface area (TPSA) is 66.0 Å². The molecule has 1 aliphatic carbocycles. The Morgan fingerprint density at radius 1 is 1.28 bits per heavy atom. The molecule has 2 aromatic rings. The molecule has 0 radical (unpaired) electrons. The van der Waals surface area contributed by atoms with E-state index in [2.05, 4.69) is 16.0 Å². The quantitative estimate of drug-likeness (QED) is 0.807. The molecule has 1 heterocycles. The Balaban J connectivity index is 2.23. The van der Waals surface area contributed by atoms with E-state index in [1.165, 1.54) is 18.3 Å². The van der Waals surface area contributed by atoms with Gasteiger partial charge in [0.1, 0.15) is 11.3 Å². The normalized spacial score (nSPS) is 15.7. The first-order chi connectivity index (χ1) is 8.75. The summed E-state index contributed by atoms with van der Waals surface area (Å²) in [4.78, 5) is 18.3. The van der Waals surface area contributed by atoms with Crippen LogP contribution in [0.15, 0.2) is 29.3 Å². The Hall–Kier alpha value is -2.10. The first-order valence-corrected chi connectivity index (χ1v) is 6.15. The molecular formula is C14H14N2O2. The third kappa shape index (κ3) is 1.79. The van der Waals surface area contributed by atoms with E-state index in [9.17, 15) is 9.90 Å². The molecule has 0 spiro atoms. The number of allylic oxidation sites excluding steroid dienone is 2. The van der Waals surface area contributed by atoms with Crippen LogP contribution in [0.2, 0.25) is 0 Å². The van der Waals surface area contributed by atoms with Gasteiger partial charge in [-0.3, -0.25) is 4.79 Å². The zero-order valence-electron chi connectivity index (χ0n) is 9.94. The molecule has 0 fully saturated rings. The van der Waals surface area contributed by atoms with Gasteiger partial charge < -0.3 is 10.1 Å². The van der Waals surface area contributed by atoms with E-state index < -0.39 is 0 Å². The smallest absolute Gasteiger partial charge is 0.258 e. The van der Waals surface area contributed by atoms with Gasteiger partial charge in [-0.15, -0.1) is 0 Å². The number of aromatic hydroxyl groups is 1. The molecule has 4 heteroatoms. The lowest BCUT2D eigenvalue weighted by molar-refractivity contribution is 0.480.